The molecule has 0 radical (unpaired) electrons. The Kier molecular flexibility index (Phi) is 4.59. The summed E-state index contributed by atoms with van der Waals surface area (Å²) >= 11 is 0. The number of sulfonamides is 1. The molecule has 0 aliphatic rings. The summed E-state index contributed by atoms with van der Waals surface area (Å²) < 4.78 is 27.6. The molecule has 0 amide bonds. The number of pyridine rings is 1. The van der Waals surface area contributed by atoms with E-state index in [9.17, 15) is 8.42 Å². The minimum absolute atomic E-state index is 0.225. The molecule has 5 nitrogen and oxygen atoms in total. The first-order chi connectivity index (χ1) is 9.94. The van der Waals surface area contributed by atoms with Crippen LogP contribution in [0.5, 0.6) is 0 Å². The van der Waals surface area contributed by atoms with Gasteiger partial charge < -0.3 is 5.32 Å². The number of aromatic nitrogens is 1. The summed E-state index contributed by atoms with van der Waals surface area (Å²) in [5.74, 6) is 0. The summed E-state index contributed by atoms with van der Waals surface area (Å²) in [4.78, 5) is 4.31. The van der Waals surface area contributed by atoms with E-state index in [2.05, 4.69) is 15.0 Å². The van der Waals surface area contributed by atoms with Crippen molar-refractivity contribution in [1.29, 1.82) is 0 Å². The van der Waals surface area contributed by atoms with Crippen molar-refractivity contribution in [3.8, 4) is 0 Å². The summed E-state index contributed by atoms with van der Waals surface area (Å²) in [6.45, 7) is 3.82. The van der Waals surface area contributed by atoms with Gasteiger partial charge in [-0.3, -0.25) is 4.98 Å². The van der Waals surface area contributed by atoms with Crippen molar-refractivity contribution in [3.05, 3.63) is 53.3 Å². The Morgan fingerprint density at radius 3 is 2.38 bits per heavy atom. The molecule has 1 aromatic heterocycles. The number of aryl methyl sites for hydroxylation is 2. The first-order valence-electron chi connectivity index (χ1n) is 6.61. The van der Waals surface area contributed by atoms with Crippen LogP contribution in [0, 0.1) is 13.8 Å². The number of hydrogen-bond donors (Lipinski definition) is 2. The molecular formula is C15H19N3O2S. The molecule has 0 atom stereocenters. The van der Waals surface area contributed by atoms with Crippen molar-refractivity contribution in [2.45, 2.75) is 25.3 Å². The van der Waals surface area contributed by atoms with Crippen LogP contribution in [-0.2, 0) is 16.6 Å². The third-order valence-corrected chi connectivity index (χ3v) is 4.91. The maximum atomic E-state index is 12.5. The zero-order valence-electron chi connectivity index (χ0n) is 12.3. The van der Waals surface area contributed by atoms with Gasteiger partial charge >= 0.3 is 0 Å². The molecule has 0 aliphatic heterocycles. The molecule has 0 saturated carbocycles. The van der Waals surface area contributed by atoms with Gasteiger partial charge in [-0.2, -0.15) is 0 Å². The zero-order chi connectivity index (χ0) is 15.5. The molecule has 0 fully saturated rings. The predicted molar refractivity (Wildman–Crippen MR) is 83.7 cm³/mol. The maximum Gasteiger partial charge on any atom is 0.241 e. The predicted octanol–water partition coefficient (Wildman–Crippen LogP) is 2.22. The molecule has 0 bridgehead atoms. The highest BCUT2D eigenvalue weighted by Crippen LogP contribution is 2.24. The summed E-state index contributed by atoms with van der Waals surface area (Å²) in [6, 6.07) is 7.26. The van der Waals surface area contributed by atoms with Gasteiger partial charge in [-0.1, -0.05) is 6.07 Å². The van der Waals surface area contributed by atoms with Crippen molar-refractivity contribution in [1.82, 2.24) is 9.71 Å². The lowest BCUT2D eigenvalue weighted by Gasteiger charge is -2.14. The number of anilines is 1. The van der Waals surface area contributed by atoms with E-state index in [0.29, 0.717) is 4.90 Å². The molecule has 112 valence electrons. The van der Waals surface area contributed by atoms with Crippen LogP contribution in [0.15, 0.2) is 41.6 Å². The molecule has 2 rings (SSSR count). The van der Waals surface area contributed by atoms with Gasteiger partial charge in [-0.05, 0) is 48.7 Å². The van der Waals surface area contributed by atoms with Gasteiger partial charge in [0.05, 0.1) is 4.90 Å². The minimum atomic E-state index is -3.55. The quantitative estimate of drug-likeness (QED) is 0.888. The Morgan fingerprint density at radius 1 is 1.19 bits per heavy atom. The number of nitrogens with one attached hydrogen (secondary N) is 2. The van der Waals surface area contributed by atoms with E-state index in [1.165, 1.54) is 0 Å². The van der Waals surface area contributed by atoms with Gasteiger partial charge in [0, 0.05) is 31.7 Å². The smallest absolute Gasteiger partial charge is 0.241 e. The SMILES string of the molecule is CNc1cc(C)c(S(=O)(=O)NCc2cccnc2)c(C)c1. The molecular weight excluding hydrogens is 286 g/mol. The fourth-order valence-corrected chi connectivity index (χ4v) is 3.74. The molecule has 0 spiro atoms. The van der Waals surface area contributed by atoms with Crippen molar-refractivity contribution < 1.29 is 8.42 Å². The van der Waals surface area contributed by atoms with Crippen molar-refractivity contribution in [2.75, 3.05) is 12.4 Å². The second-order valence-corrected chi connectivity index (χ2v) is 6.58. The molecule has 0 aliphatic carbocycles. The number of rotatable bonds is 5. The average Bonchev–Trinajstić information content (AvgIpc) is 2.45. The van der Waals surface area contributed by atoms with Gasteiger partial charge in [0.2, 0.25) is 10.0 Å². The Balaban J connectivity index is 2.28. The Labute approximate surface area is 125 Å². The van der Waals surface area contributed by atoms with Crippen LogP contribution in [0.25, 0.3) is 0 Å². The monoisotopic (exact) mass is 305 g/mol. The third kappa shape index (κ3) is 3.59. The molecule has 0 unspecified atom stereocenters. The van der Waals surface area contributed by atoms with E-state index >= 15 is 0 Å². The first kappa shape index (κ1) is 15.5. The second-order valence-electron chi connectivity index (χ2n) is 4.87. The highest BCUT2D eigenvalue weighted by molar-refractivity contribution is 7.89. The zero-order valence-corrected chi connectivity index (χ0v) is 13.2. The molecule has 1 heterocycles. The van der Waals surface area contributed by atoms with Gasteiger partial charge in [-0.25, -0.2) is 13.1 Å². The lowest BCUT2D eigenvalue weighted by atomic mass is 10.1. The molecule has 21 heavy (non-hydrogen) atoms. The first-order valence-corrected chi connectivity index (χ1v) is 8.10. The van der Waals surface area contributed by atoms with Crippen molar-refractivity contribution in [3.63, 3.8) is 0 Å². The van der Waals surface area contributed by atoms with Gasteiger partial charge in [0.15, 0.2) is 0 Å². The molecule has 2 aromatic rings. The summed E-state index contributed by atoms with van der Waals surface area (Å²) in [6.07, 6.45) is 3.30. The van der Waals surface area contributed by atoms with Crippen molar-refractivity contribution >= 4 is 15.7 Å². The molecule has 2 N–H and O–H groups in total. The molecule has 0 saturated heterocycles. The summed E-state index contributed by atoms with van der Waals surface area (Å²) in [5.41, 5.74) is 3.16. The van der Waals surface area contributed by atoms with Crippen LogP contribution >= 0.6 is 0 Å². The lowest BCUT2D eigenvalue weighted by Crippen LogP contribution is -2.25. The van der Waals surface area contributed by atoms with E-state index in [4.69, 9.17) is 0 Å². The van der Waals surface area contributed by atoms with Crippen LogP contribution in [0.3, 0.4) is 0 Å². The van der Waals surface area contributed by atoms with Crippen molar-refractivity contribution in [2.24, 2.45) is 0 Å². The van der Waals surface area contributed by atoms with E-state index in [0.717, 1.165) is 22.4 Å². The fraction of sp³-hybridized carbons (Fsp3) is 0.267. The van der Waals surface area contributed by atoms with E-state index in [1.54, 1.807) is 32.3 Å². The van der Waals surface area contributed by atoms with E-state index in [1.807, 2.05) is 25.2 Å². The van der Waals surface area contributed by atoms with E-state index in [-0.39, 0.29) is 6.54 Å². The largest absolute Gasteiger partial charge is 0.388 e. The van der Waals surface area contributed by atoms with E-state index < -0.39 is 10.0 Å². The Bertz CT molecular complexity index is 705. The molecule has 6 heteroatoms. The van der Waals surface area contributed by atoms with Gasteiger partial charge in [-0.15, -0.1) is 0 Å². The number of nitrogens with zero attached hydrogens (tertiary/aromatic N) is 1. The van der Waals surface area contributed by atoms with Gasteiger partial charge in [0.25, 0.3) is 0 Å². The van der Waals surface area contributed by atoms with Crippen LogP contribution in [0.2, 0.25) is 0 Å². The Morgan fingerprint density at radius 2 is 1.86 bits per heavy atom. The Hall–Kier alpha value is -1.92. The van der Waals surface area contributed by atoms with Crippen LogP contribution in [0.1, 0.15) is 16.7 Å². The summed E-state index contributed by atoms with van der Waals surface area (Å²) in [5, 5.41) is 3.02. The number of hydrogen-bond acceptors (Lipinski definition) is 4. The lowest BCUT2D eigenvalue weighted by molar-refractivity contribution is 0.580. The minimum Gasteiger partial charge on any atom is -0.388 e. The second kappa shape index (κ2) is 6.24. The number of benzene rings is 1. The maximum absolute atomic E-state index is 12.5. The highest BCUT2D eigenvalue weighted by Gasteiger charge is 2.19. The topological polar surface area (TPSA) is 71.1 Å². The average molecular weight is 305 g/mol. The van der Waals surface area contributed by atoms with Crippen LogP contribution in [0.4, 0.5) is 5.69 Å². The standard InChI is InChI=1S/C15H19N3O2S/c1-11-7-14(16-3)8-12(2)15(11)21(19,20)18-10-13-5-4-6-17-9-13/h4-9,16,18H,10H2,1-3H3. The molecule has 1 aromatic carbocycles. The highest BCUT2D eigenvalue weighted by atomic mass is 32.2. The fourth-order valence-electron chi connectivity index (χ4n) is 2.27. The van der Waals surface area contributed by atoms with Crippen LogP contribution in [-0.4, -0.2) is 20.4 Å². The summed E-state index contributed by atoms with van der Waals surface area (Å²) in [7, 11) is -1.74. The van der Waals surface area contributed by atoms with Gasteiger partial charge in [0.1, 0.15) is 0 Å². The normalized spacial score (nSPS) is 11.4. The third-order valence-electron chi connectivity index (χ3n) is 3.21. The van der Waals surface area contributed by atoms with Crippen LogP contribution < -0.4 is 10.0 Å².